The highest BCUT2D eigenvalue weighted by Gasteiger charge is 2.12. The van der Waals surface area contributed by atoms with E-state index in [1.54, 1.807) is 24.9 Å². The van der Waals surface area contributed by atoms with Crippen molar-refractivity contribution < 1.29 is 4.79 Å². The SMILES string of the molecule is CNC(=O)c1ccc(Sc2ccc3c(c2)CCC3)c(N)c1. The number of amides is 1. The Balaban J connectivity index is 1.83. The first-order chi connectivity index (χ1) is 10.2. The Morgan fingerprint density at radius 2 is 1.95 bits per heavy atom. The van der Waals surface area contributed by atoms with Crippen molar-refractivity contribution in [3.05, 3.63) is 53.1 Å². The van der Waals surface area contributed by atoms with E-state index in [0.717, 1.165) is 4.90 Å². The van der Waals surface area contributed by atoms with Gasteiger partial charge in [0.15, 0.2) is 0 Å². The van der Waals surface area contributed by atoms with E-state index in [0.29, 0.717) is 11.3 Å². The molecule has 0 fully saturated rings. The van der Waals surface area contributed by atoms with Crippen LogP contribution in [0.2, 0.25) is 0 Å². The number of hydrogen-bond donors (Lipinski definition) is 2. The van der Waals surface area contributed by atoms with Crippen LogP contribution in [0, 0.1) is 0 Å². The number of hydrogen-bond acceptors (Lipinski definition) is 3. The Hall–Kier alpha value is -1.94. The number of benzene rings is 2. The molecule has 3 N–H and O–H groups in total. The molecule has 2 aromatic rings. The maximum atomic E-state index is 11.6. The van der Waals surface area contributed by atoms with Crippen LogP contribution in [0.15, 0.2) is 46.2 Å². The number of nitrogens with one attached hydrogen (secondary N) is 1. The normalized spacial score (nSPS) is 13.0. The van der Waals surface area contributed by atoms with E-state index in [4.69, 9.17) is 5.73 Å². The fourth-order valence-corrected chi connectivity index (χ4v) is 3.57. The monoisotopic (exact) mass is 298 g/mol. The smallest absolute Gasteiger partial charge is 0.251 e. The molecule has 108 valence electrons. The summed E-state index contributed by atoms with van der Waals surface area (Å²) in [7, 11) is 1.62. The van der Waals surface area contributed by atoms with E-state index in [1.807, 2.05) is 12.1 Å². The zero-order chi connectivity index (χ0) is 14.8. The second kappa shape index (κ2) is 5.82. The van der Waals surface area contributed by atoms with Crippen molar-refractivity contribution in [2.24, 2.45) is 0 Å². The highest BCUT2D eigenvalue weighted by atomic mass is 32.2. The Bertz CT molecular complexity index is 697. The van der Waals surface area contributed by atoms with Crippen molar-refractivity contribution in [2.45, 2.75) is 29.1 Å². The zero-order valence-electron chi connectivity index (χ0n) is 12.0. The standard InChI is InChI=1S/C17H18N2OS/c1-19-17(20)13-6-8-16(15(18)10-13)21-14-7-5-11-3-2-4-12(11)9-14/h5-10H,2-4,18H2,1H3,(H,19,20). The third-order valence-electron chi connectivity index (χ3n) is 3.80. The van der Waals surface area contributed by atoms with Crippen LogP contribution >= 0.6 is 11.8 Å². The van der Waals surface area contributed by atoms with Crippen LogP contribution in [0.3, 0.4) is 0 Å². The van der Waals surface area contributed by atoms with E-state index in [9.17, 15) is 4.79 Å². The lowest BCUT2D eigenvalue weighted by atomic mass is 10.1. The summed E-state index contributed by atoms with van der Waals surface area (Å²) in [4.78, 5) is 13.8. The van der Waals surface area contributed by atoms with Gasteiger partial charge in [0.05, 0.1) is 0 Å². The van der Waals surface area contributed by atoms with Gasteiger partial charge in [-0.1, -0.05) is 17.8 Å². The molecular weight excluding hydrogens is 280 g/mol. The number of anilines is 1. The van der Waals surface area contributed by atoms with Gasteiger partial charge in [-0.3, -0.25) is 4.79 Å². The molecule has 21 heavy (non-hydrogen) atoms. The van der Waals surface area contributed by atoms with Crippen molar-refractivity contribution in [3.8, 4) is 0 Å². The summed E-state index contributed by atoms with van der Waals surface area (Å²) in [5, 5.41) is 2.60. The Morgan fingerprint density at radius 1 is 1.14 bits per heavy atom. The van der Waals surface area contributed by atoms with E-state index < -0.39 is 0 Å². The minimum Gasteiger partial charge on any atom is -0.398 e. The molecule has 0 saturated carbocycles. The van der Waals surface area contributed by atoms with Gasteiger partial charge in [0.25, 0.3) is 5.91 Å². The number of aryl methyl sites for hydroxylation is 2. The molecular formula is C17H18N2OS. The van der Waals surface area contributed by atoms with E-state index in [1.165, 1.54) is 35.3 Å². The summed E-state index contributed by atoms with van der Waals surface area (Å²) in [6, 6.07) is 12.1. The topological polar surface area (TPSA) is 55.1 Å². The fraction of sp³-hybridized carbons (Fsp3) is 0.235. The van der Waals surface area contributed by atoms with Crippen LogP contribution in [0.4, 0.5) is 5.69 Å². The summed E-state index contributed by atoms with van der Waals surface area (Å²) in [5.74, 6) is -0.115. The van der Waals surface area contributed by atoms with Crippen molar-refractivity contribution in [1.82, 2.24) is 5.32 Å². The second-order valence-electron chi connectivity index (χ2n) is 5.22. The van der Waals surface area contributed by atoms with Gasteiger partial charge in [-0.15, -0.1) is 0 Å². The Labute approximate surface area is 128 Å². The molecule has 3 nitrogen and oxygen atoms in total. The quantitative estimate of drug-likeness (QED) is 0.855. The minimum absolute atomic E-state index is 0.115. The van der Waals surface area contributed by atoms with E-state index >= 15 is 0 Å². The summed E-state index contributed by atoms with van der Waals surface area (Å²) in [6.45, 7) is 0. The van der Waals surface area contributed by atoms with Gasteiger partial charge in [0, 0.05) is 28.1 Å². The van der Waals surface area contributed by atoms with Gasteiger partial charge >= 0.3 is 0 Å². The van der Waals surface area contributed by atoms with Gasteiger partial charge in [0.2, 0.25) is 0 Å². The van der Waals surface area contributed by atoms with Crippen LogP contribution < -0.4 is 11.1 Å². The molecule has 4 heteroatoms. The first-order valence-corrected chi connectivity index (χ1v) is 7.90. The average Bonchev–Trinajstić information content (AvgIpc) is 2.96. The molecule has 0 atom stereocenters. The van der Waals surface area contributed by atoms with Crippen LogP contribution in [-0.4, -0.2) is 13.0 Å². The number of nitrogen functional groups attached to an aromatic ring is 1. The Morgan fingerprint density at radius 3 is 2.71 bits per heavy atom. The number of nitrogens with two attached hydrogens (primary N) is 1. The van der Waals surface area contributed by atoms with Crippen LogP contribution in [0.5, 0.6) is 0 Å². The molecule has 1 aliphatic carbocycles. The van der Waals surface area contributed by atoms with E-state index in [2.05, 4.69) is 23.5 Å². The largest absolute Gasteiger partial charge is 0.398 e. The van der Waals surface area contributed by atoms with Crippen LogP contribution in [0.1, 0.15) is 27.9 Å². The van der Waals surface area contributed by atoms with Crippen LogP contribution in [-0.2, 0) is 12.8 Å². The maximum Gasteiger partial charge on any atom is 0.251 e. The summed E-state index contributed by atoms with van der Waals surface area (Å²) in [6.07, 6.45) is 3.63. The average molecular weight is 298 g/mol. The highest BCUT2D eigenvalue weighted by Crippen LogP contribution is 2.35. The van der Waals surface area contributed by atoms with Gasteiger partial charge in [-0.2, -0.15) is 0 Å². The second-order valence-corrected chi connectivity index (χ2v) is 6.33. The first-order valence-electron chi connectivity index (χ1n) is 7.08. The van der Waals surface area contributed by atoms with Crippen LogP contribution in [0.25, 0.3) is 0 Å². The molecule has 0 bridgehead atoms. The third-order valence-corrected chi connectivity index (χ3v) is 4.88. The lowest BCUT2D eigenvalue weighted by Gasteiger charge is -2.09. The molecule has 0 saturated heterocycles. The summed E-state index contributed by atoms with van der Waals surface area (Å²) in [5.41, 5.74) is 10.2. The van der Waals surface area contributed by atoms with Gasteiger partial charge in [-0.05, 0) is 60.7 Å². The van der Waals surface area contributed by atoms with Crippen molar-refractivity contribution in [2.75, 3.05) is 12.8 Å². The molecule has 0 radical (unpaired) electrons. The lowest BCUT2D eigenvalue weighted by molar-refractivity contribution is 0.0963. The highest BCUT2D eigenvalue weighted by molar-refractivity contribution is 7.99. The van der Waals surface area contributed by atoms with Crippen molar-refractivity contribution in [3.63, 3.8) is 0 Å². The molecule has 1 amide bonds. The number of carbonyl (C=O) groups excluding carboxylic acids is 1. The zero-order valence-corrected chi connectivity index (χ0v) is 12.8. The van der Waals surface area contributed by atoms with E-state index in [-0.39, 0.29) is 5.91 Å². The van der Waals surface area contributed by atoms with Gasteiger partial charge in [0.1, 0.15) is 0 Å². The van der Waals surface area contributed by atoms with Crippen molar-refractivity contribution >= 4 is 23.4 Å². The molecule has 0 heterocycles. The third kappa shape index (κ3) is 2.90. The van der Waals surface area contributed by atoms with Gasteiger partial charge in [-0.25, -0.2) is 0 Å². The Kier molecular flexibility index (Phi) is 3.88. The number of rotatable bonds is 3. The predicted molar refractivity (Wildman–Crippen MR) is 86.8 cm³/mol. The fourth-order valence-electron chi connectivity index (χ4n) is 2.67. The summed E-state index contributed by atoms with van der Waals surface area (Å²) >= 11 is 1.65. The number of fused-ring (bicyclic) bond motifs is 1. The molecule has 0 aromatic heterocycles. The maximum absolute atomic E-state index is 11.6. The van der Waals surface area contributed by atoms with Gasteiger partial charge < -0.3 is 11.1 Å². The lowest BCUT2D eigenvalue weighted by Crippen LogP contribution is -2.17. The molecule has 1 aliphatic rings. The molecule has 3 rings (SSSR count). The first kappa shape index (κ1) is 14.0. The predicted octanol–water partition coefficient (Wildman–Crippen LogP) is 3.27. The molecule has 0 aliphatic heterocycles. The van der Waals surface area contributed by atoms with Crippen molar-refractivity contribution in [1.29, 1.82) is 0 Å². The molecule has 0 unspecified atom stereocenters. The molecule has 0 spiro atoms. The summed E-state index contributed by atoms with van der Waals surface area (Å²) < 4.78 is 0. The molecule has 2 aromatic carbocycles. The number of carbonyl (C=O) groups is 1. The minimum atomic E-state index is -0.115.